The summed E-state index contributed by atoms with van der Waals surface area (Å²) in [7, 11) is 0. The van der Waals surface area contributed by atoms with Crippen molar-refractivity contribution < 1.29 is 14.7 Å². The molecular weight excluding hydrogens is 256 g/mol. The minimum Gasteiger partial charge on any atom is -0.481 e. The number of hydrogen-bond donors (Lipinski definition) is 1. The molecule has 0 atom stereocenters. The van der Waals surface area contributed by atoms with E-state index in [9.17, 15) is 9.59 Å². The Morgan fingerprint density at radius 1 is 1.25 bits per heavy atom. The quantitative estimate of drug-likeness (QED) is 0.738. The van der Waals surface area contributed by atoms with Gasteiger partial charge in [-0.3, -0.25) is 14.5 Å². The minimum atomic E-state index is -0.800. The van der Waals surface area contributed by atoms with Crippen LogP contribution in [0, 0.1) is 5.92 Å². The van der Waals surface area contributed by atoms with E-state index in [1.807, 2.05) is 9.80 Å². The molecule has 0 aliphatic carbocycles. The van der Waals surface area contributed by atoms with Crippen molar-refractivity contribution in [1.29, 1.82) is 0 Å². The largest absolute Gasteiger partial charge is 0.481 e. The topological polar surface area (TPSA) is 60.9 Å². The first-order valence-corrected chi connectivity index (χ1v) is 7.74. The fraction of sp³-hybridized carbons (Fsp3) is 0.867. The lowest BCUT2D eigenvalue weighted by Crippen LogP contribution is -2.44. The van der Waals surface area contributed by atoms with Crippen LogP contribution in [0.2, 0.25) is 0 Å². The Kier molecular flexibility index (Phi) is 7.59. The summed E-state index contributed by atoms with van der Waals surface area (Å²) in [5.74, 6) is 0.0615. The van der Waals surface area contributed by atoms with Crippen molar-refractivity contribution in [1.82, 2.24) is 9.80 Å². The fourth-order valence-corrected chi connectivity index (χ4v) is 2.45. The molecule has 1 rings (SSSR count). The highest BCUT2D eigenvalue weighted by atomic mass is 16.4. The first kappa shape index (κ1) is 17.0. The first-order valence-electron chi connectivity index (χ1n) is 7.74. The molecule has 0 saturated carbocycles. The summed E-state index contributed by atoms with van der Waals surface area (Å²) in [6, 6.07) is 0. The number of unbranched alkanes of at least 4 members (excludes halogenated alkanes) is 1. The van der Waals surface area contributed by atoms with Crippen LogP contribution in [0.3, 0.4) is 0 Å². The van der Waals surface area contributed by atoms with Crippen LogP contribution in [0.4, 0.5) is 0 Å². The molecule has 5 heteroatoms. The van der Waals surface area contributed by atoms with E-state index < -0.39 is 5.97 Å². The summed E-state index contributed by atoms with van der Waals surface area (Å²) in [6.07, 6.45) is 4.32. The van der Waals surface area contributed by atoms with Crippen LogP contribution in [0.15, 0.2) is 0 Å². The van der Waals surface area contributed by atoms with Crippen molar-refractivity contribution >= 4 is 11.9 Å². The second-order valence-corrected chi connectivity index (χ2v) is 5.84. The Balaban J connectivity index is 2.41. The van der Waals surface area contributed by atoms with Crippen LogP contribution in [0.25, 0.3) is 0 Å². The zero-order valence-corrected chi connectivity index (χ0v) is 12.8. The van der Waals surface area contributed by atoms with E-state index in [0.717, 1.165) is 45.3 Å². The second kappa shape index (κ2) is 8.95. The number of aliphatic carboxylic acids is 1. The van der Waals surface area contributed by atoms with Gasteiger partial charge in [0, 0.05) is 19.6 Å². The number of hydrogen-bond acceptors (Lipinski definition) is 3. The monoisotopic (exact) mass is 284 g/mol. The van der Waals surface area contributed by atoms with E-state index in [1.54, 1.807) is 0 Å². The Labute approximate surface area is 121 Å². The third-order valence-electron chi connectivity index (χ3n) is 3.96. The van der Waals surface area contributed by atoms with Crippen molar-refractivity contribution in [2.45, 2.75) is 46.0 Å². The van der Waals surface area contributed by atoms with Gasteiger partial charge in [-0.15, -0.1) is 0 Å². The molecule has 1 fully saturated rings. The molecular formula is C15H28N2O3. The van der Waals surface area contributed by atoms with Gasteiger partial charge in [0.15, 0.2) is 0 Å². The molecule has 1 amide bonds. The summed E-state index contributed by atoms with van der Waals surface area (Å²) >= 11 is 0. The summed E-state index contributed by atoms with van der Waals surface area (Å²) < 4.78 is 0. The van der Waals surface area contributed by atoms with Crippen molar-refractivity contribution in [3.05, 3.63) is 0 Å². The van der Waals surface area contributed by atoms with E-state index in [2.05, 4.69) is 13.8 Å². The summed E-state index contributed by atoms with van der Waals surface area (Å²) in [4.78, 5) is 26.9. The van der Waals surface area contributed by atoms with Gasteiger partial charge in [-0.25, -0.2) is 0 Å². The lowest BCUT2D eigenvalue weighted by Gasteiger charge is -2.32. The Hall–Kier alpha value is -1.10. The van der Waals surface area contributed by atoms with Crippen LogP contribution in [0.1, 0.15) is 46.0 Å². The fourth-order valence-electron chi connectivity index (χ4n) is 2.45. The molecule has 1 heterocycles. The molecule has 0 aromatic carbocycles. The zero-order valence-electron chi connectivity index (χ0n) is 12.8. The third-order valence-corrected chi connectivity index (χ3v) is 3.96. The predicted molar refractivity (Wildman–Crippen MR) is 78.6 cm³/mol. The van der Waals surface area contributed by atoms with Crippen molar-refractivity contribution in [3.8, 4) is 0 Å². The van der Waals surface area contributed by atoms with Gasteiger partial charge in [0.05, 0.1) is 13.0 Å². The normalized spacial score (nSPS) is 16.6. The SMILES string of the molecule is CCCCN(CCC(=O)O)CC(=O)N1CCC(C)CC1. The Bertz CT molecular complexity index is 312. The third kappa shape index (κ3) is 6.37. The Morgan fingerprint density at radius 3 is 2.45 bits per heavy atom. The van der Waals surface area contributed by atoms with Crippen LogP contribution < -0.4 is 0 Å². The zero-order chi connectivity index (χ0) is 15.0. The number of piperidine rings is 1. The van der Waals surface area contributed by atoms with Gasteiger partial charge >= 0.3 is 5.97 Å². The van der Waals surface area contributed by atoms with E-state index in [0.29, 0.717) is 19.0 Å². The molecule has 1 saturated heterocycles. The van der Waals surface area contributed by atoms with Crippen LogP contribution in [-0.4, -0.2) is 59.5 Å². The van der Waals surface area contributed by atoms with Gasteiger partial charge in [0.2, 0.25) is 5.91 Å². The average Bonchev–Trinajstić information content (AvgIpc) is 2.42. The number of carbonyl (C=O) groups excluding carboxylic acids is 1. The summed E-state index contributed by atoms with van der Waals surface area (Å²) in [5, 5.41) is 8.78. The lowest BCUT2D eigenvalue weighted by atomic mass is 9.99. The molecule has 0 bridgehead atoms. The standard InChI is InChI=1S/C15H28N2O3/c1-3-4-8-16(9-7-15(19)20)12-14(18)17-10-5-13(2)6-11-17/h13H,3-12H2,1-2H3,(H,19,20). The highest BCUT2D eigenvalue weighted by Gasteiger charge is 2.22. The molecule has 0 aromatic rings. The molecule has 0 aromatic heterocycles. The van der Waals surface area contributed by atoms with Crippen molar-refractivity contribution in [3.63, 3.8) is 0 Å². The smallest absolute Gasteiger partial charge is 0.304 e. The van der Waals surface area contributed by atoms with Gasteiger partial charge in [0.1, 0.15) is 0 Å². The van der Waals surface area contributed by atoms with Crippen molar-refractivity contribution in [2.24, 2.45) is 5.92 Å². The average molecular weight is 284 g/mol. The van der Waals surface area contributed by atoms with Crippen LogP contribution in [0.5, 0.6) is 0 Å². The Morgan fingerprint density at radius 2 is 1.90 bits per heavy atom. The lowest BCUT2D eigenvalue weighted by molar-refractivity contribution is -0.139. The molecule has 20 heavy (non-hydrogen) atoms. The highest BCUT2D eigenvalue weighted by Crippen LogP contribution is 2.16. The van der Waals surface area contributed by atoms with Crippen molar-refractivity contribution in [2.75, 3.05) is 32.7 Å². The summed E-state index contributed by atoms with van der Waals surface area (Å²) in [6.45, 7) is 7.65. The maximum atomic E-state index is 12.3. The predicted octanol–water partition coefficient (Wildman–Crippen LogP) is 1.82. The molecule has 0 radical (unpaired) electrons. The summed E-state index contributed by atoms with van der Waals surface area (Å²) in [5.41, 5.74) is 0. The van der Waals surface area contributed by atoms with Gasteiger partial charge < -0.3 is 10.0 Å². The highest BCUT2D eigenvalue weighted by molar-refractivity contribution is 5.78. The molecule has 0 spiro atoms. The maximum absolute atomic E-state index is 12.3. The number of amides is 1. The number of carbonyl (C=O) groups is 2. The van der Waals surface area contributed by atoms with E-state index in [1.165, 1.54) is 0 Å². The maximum Gasteiger partial charge on any atom is 0.304 e. The molecule has 5 nitrogen and oxygen atoms in total. The number of rotatable bonds is 8. The molecule has 1 aliphatic rings. The van der Waals surface area contributed by atoms with E-state index >= 15 is 0 Å². The van der Waals surface area contributed by atoms with Gasteiger partial charge in [-0.05, 0) is 31.7 Å². The number of carboxylic acids is 1. The molecule has 116 valence electrons. The van der Waals surface area contributed by atoms with Gasteiger partial charge in [-0.1, -0.05) is 20.3 Å². The second-order valence-electron chi connectivity index (χ2n) is 5.84. The number of likely N-dealkylation sites (tertiary alicyclic amines) is 1. The van der Waals surface area contributed by atoms with E-state index in [-0.39, 0.29) is 12.3 Å². The minimum absolute atomic E-state index is 0.105. The number of carboxylic acid groups (broad SMARTS) is 1. The van der Waals surface area contributed by atoms with Gasteiger partial charge in [-0.2, -0.15) is 0 Å². The van der Waals surface area contributed by atoms with Crippen LogP contribution >= 0.6 is 0 Å². The van der Waals surface area contributed by atoms with E-state index in [4.69, 9.17) is 5.11 Å². The first-order chi connectivity index (χ1) is 9.52. The molecule has 0 unspecified atom stereocenters. The number of nitrogens with zero attached hydrogens (tertiary/aromatic N) is 2. The molecule has 1 aliphatic heterocycles. The van der Waals surface area contributed by atoms with Gasteiger partial charge in [0.25, 0.3) is 0 Å². The molecule has 1 N–H and O–H groups in total. The van der Waals surface area contributed by atoms with Crippen LogP contribution in [-0.2, 0) is 9.59 Å².